The standard InChI is InChI=1S/C13H9NOS/c15-12-7-3-4-9-8-16-14-11-6-2-1-5-10(11)13(9)12/h1-6,8H,7H2. The van der Waals surface area contributed by atoms with Crippen molar-refractivity contribution in [1.29, 1.82) is 0 Å². The molecule has 1 aromatic carbocycles. The summed E-state index contributed by atoms with van der Waals surface area (Å²) >= 11 is 1.38. The highest BCUT2D eigenvalue weighted by Gasteiger charge is 2.18. The average molecular weight is 227 g/mol. The number of hydrogen-bond donors (Lipinski definition) is 0. The van der Waals surface area contributed by atoms with Crippen LogP contribution in [-0.2, 0) is 4.79 Å². The Hall–Kier alpha value is -1.61. The quantitative estimate of drug-likeness (QED) is 0.629. The second kappa shape index (κ2) is 3.76. The Morgan fingerprint density at radius 1 is 1.25 bits per heavy atom. The highest BCUT2D eigenvalue weighted by atomic mass is 32.2. The van der Waals surface area contributed by atoms with Gasteiger partial charge in [0.2, 0.25) is 0 Å². The molecule has 1 heterocycles. The molecule has 0 amide bonds. The molecule has 1 aliphatic carbocycles. The van der Waals surface area contributed by atoms with Crippen LogP contribution in [0.1, 0.15) is 6.42 Å². The molecule has 16 heavy (non-hydrogen) atoms. The van der Waals surface area contributed by atoms with Gasteiger partial charge in [-0.25, -0.2) is 4.40 Å². The molecule has 3 heteroatoms. The Bertz CT molecular complexity index is 640. The molecule has 2 nitrogen and oxygen atoms in total. The van der Waals surface area contributed by atoms with Gasteiger partial charge in [-0.1, -0.05) is 30.4 Å². The number of fused-ring (bicyclic) bond motifs is 2. The van der Waals surface area contributed by atoms with E-state index in [1.54, 1.807) is 0 Å². The minimum atomic E-state index is 0.180. The Balaban J connectivity index is 2.47. The number of allylic oxidation sites excluding steroid dienone is 3. The van der Waals surface area contributed by atoms with Gasteiger partial charge in [0.05, 0.1) is 5.36 Å². The van der Waals surface area contributed by atoms with Gasteiger partial charge in [-0.15, -0.1) is 0 Å². The van der Waals surface area contributed by atoms with E-state index in [4.69, 9.17) is 0 Å². The minimum absolute atomic E-state index is 0.180. The lowest BCUT2D eigenvalue weighted by atomic mass is 9.93. The van der Waals surface area contributed by atoms with E-state index in [1.165, 1.54) is 11.9 Å². The average Bonchev–Trinajstić information content (AvgIpc) is 2.49. The van der Waals surface area contributed by atoms with Crippen LogP contribution in [0, 0.1) is 0 Å². The van der Waals surface area contributed by atoms with Gasteiger partial charge in [0.25, 0.3) is 0 Å². The molecule has 0 unspecified atom stereocenters. The first kappa shape index (κ1) is 9.60. The fraction of sp³-hybridized carbons (Fsp3) is 0.0769. The van der Waals surface area contributed by atoms with Crippen molar-refractivity contribution in [3.05, 3.63) is 58.0 Å². The Labute approximate surface area is 97.2 Å². The predicted molar refractivity (Wildman–Crippen MR) is 65.1 cm³/mol. The number of Topliss-reactive ketones (excluding diaryl/α,β-unsaturated/α-hetero) is 1. The van der Waals surface area contributed by atoms with Crippen LogP contribution in [0.3, 0.4) is 0 Å². The molecule has 0 aromatic heterocycles. The van der Waals surface area contributed by atoms with Crippen molar-refractivity contribution >= 4 is 23.3 Å². The molecular formula is C13H9NOS. The van der Waals surface area contributed by atoms with E-state index in [0.717, 1.165) is 21.7 Å². The first-order chi connectivity index (χ1) is 7.86. The van der Waals surface area contributed by atoms with Crippen LogP contribution < -0.4 is 10.6 Å². The lowest BCUT2D eigenvalue weighted by Gasteiger charge is -2.10. The number of nitrogens with zero attached hydrogens (tertiary/aromatic N) is 1. The van der Waals surface area contributed by atoms with Gasteiger partial charge in [0.15, 0.2) is 5.78 Å². The maximum atomic E-state index is 12.0. The van der Waals surface area contributed by atoms with Crippen molar-refractivity contribution < 1.29 is 4.79 Å². The minimum Gasteiger partial charge on any atom is -0.294 e. The molecular weight excluding hydrogens is 218 g/mol. The maximum absolute atomic E-state index is 12.0. The van der Waals surface area contributed by atoms with Gasteiger partial charge >= 0.3 is 0 Å². The number of benzene rings is 1. The number of ketones is 1. The summed E-state index contributed by atoms with van der Waals surface area (Å²) in [7, 11) is 0. The summed E-state index contributed by atoms with van der Waals surface area (Å²) in [6, 6.07) is 7.79. The third-order valence-electron chi connectivity index (χ3n) is 2.67. The second-order valence-corrected chi connectivity index (χ2v) is 4.32. The monoisotopic (exact) mass is 227 g/mol. The highest BCUT2D eigenvalue weighted by molar-refractivity contribution is 8.00. The van der Waals surface area contributed by atoms with Crippen LogP contribution in [0.5, 0.6) is 0 Å². The molecule has 0 radical (unpaired) electrons. The smallest absolute Gasteiger partial charge is 0.167 e. The normalized spacial score (nSPS) is 18.1. The van der Waals surface area contributed by atoms with Crippen molar-refractivity contribution in [1.82, 2.24) is 0 Å². The summed E-state index contributed by atoms with van der Waals surface area (Å²) in [5.41, 5.74) is 1.79. The molecule has 1 aliphatic heterocycles. The van der Waals surface area contributed by atoms with Crippen LogP contribution >= 0.6 is 11.9 Å². The highest BCUT2D eigenvalue weighted by Crippen LogP contribution is 2.24. The molecule has 0 N–H and O–H groups in total. The summed E-state index contributed by atoms with van der Waals surface area (Å²) < 4.78 is 4.38. The third kappa shape index (κ3) is 1.44. The third-order valence-corrected chi connectivity index (χ3v) is 3.33. The molecule has 0 spiro atoms. The van der Waals surface area contributed by atoms with E-state index in [-0.39, 0.29) is 5.78 Å². The zero-order valence-corrected chi connectivity index (χ0v) is 9.33. The van der Waals surface area contributed by atoms with Crippen molar-refractivity contribution in [2.45, 2.75) is 6.42 Å². The number of carbonyl (C=O) groups is 1. The zero-order valence-electron chi connectivity index (χ0n) is 8.51. The fourth-order valence-electron chi connectivity index (χ4n) is 1.95. The molecule has 78 valence electrons. The van der Waals surface area contributed by atoms with Gasteiger partial charge in [-0.3, -0.25) is 4.79 Å². The lowest BCUT2D eigenvalue weighted by Crippen LogP contribution is -2.29. The van der Waals surface area contributed by atoms with Gasteiger partial charge in [-0.2, -0.15) is 0 Å². The zero-order chi connectivity index (χ0) is 11.0. The van der Waals surface area contributed by atoms with E-state index in [9.17, 15) is 4.79 Å². The van der Waals surface area contributed by atoms with Gasteiger partial charge in [0, 0.05) is 34.6 Å². The fourth-order valence-corrected chi connectivity index (χ4v) is 2.58. The van der Waals surface area contributed by atoms with Crippen LogP contribution in [0.15, 0.2) is 51.8 Å². The first-order valence-corrected chi connectivity index (χ1v) is 5.93. The second-order valence-electron chi connectivity index (χ2n) is 3.69. The van der Waals surface area contributed by atoms with E-state index in [1.807, 2.05) is 41.8 Å². The largest absolute Gasteiger partial charge is 0.294 e. The van der Waals surface area contributed by atoms with E-state index in [2.05, 4.69) is 4.40 Å². The Morgan fingerprint density at radius 2 is 2.12 bits per heavy atom. The molecule has 0 atom stereocenters. The SMILES string of the molecule is O=C1CC=CC2=CSN=c3ccccc3=C12. The maximum Gasteiger partial charge on any atom is 0.167 e. The van der Waals surface area contributed by atoms with Crippen molar-refractivity contribution in [3.8, 4) is 0 Å². The Kier molecular flexibility index (Phi) is 2.26. The summed E-state index contributed by atoms with van der Waals surface area (Å²) in [5.74, 6) is 0.180. The van der Waals surface area contributed by atoms with E-state index in [0.29, 0.717) is 6.42 Å². The van der Waals surface area contributed by atoms with Gasteiger partial charge < -0.3 is 0 Å². The first-order valence-electron chi connectivity index (χ1n) is 5.10. The van der Waals surface area contributed by atoms with Gasteiger partial charge in [-0.05, 0) is 11.6 Å². The molecule has 3 rings (SSSR count). The number of carbonyl (C=O) groups excluding carboxylic acids is 1. The van der Waals surface area contributed by atoms with Crippen LogP contribution in [0.2, 0.25) is 0 Å². The number of rotatable bonds is 0. The van der Waals surface area contributed by atoms with Crippen molar-refractivity contribution in [2.24, 2.45) is 4.40 Å². The van der Waals surface area contributed by atoms with E-state index >= 15 is 0 Å². The van der Waals surface area contributed by atoms with Crippen molar-refractivity contribution in [3.63, 3.8) is 0 Å². The molecule has 2 aliphatic rings. The molecule has 0 fully saturated rings. The van der Waals surface area contributed by atoms with E-state index < -0.39 is 0 Å². The molecule has 0 saturated carbocycles. The topological polar surface area (TPSA) is 29.4 Å². The van der Waals surface area contributed by atoms with Crippen LogP contribution in [0.4, 0.5) is 0 Å². The van der Waals surface area contributed by atoms with Crippen LogP contribution in [0.25, 0.3) is 5.57 Å². The lowest BCUT2D eigenvalue weighted by molar-refractivity contribution is -0.113. The Morgan fingerprint density at radius 3 is 3.06 bits per heavy atom. The molecule has 1 aromatic rings. The van der Waals surface area contributed by atoms with Crippen LogP contribution in [-0.4, -0.2) is 5.78 Å². The summed E-state index contributed by atoms with van der Waals surface area (Å²) in [5, 5.41) is 3.77. The van der Waals surface area contributed by atoms with Crippen molar-refractivity contribution in [2.75, 3.05) is 0 Å². The summed E-state index contributed by atoms with van der Waals surface area (Å²) in [6.07, 6.45) is 4.40. The summed E-state index contributed by atoms with van der Waals surface area (Å²) in [4.78, 5) is 12.0. The van der Waals surface area contributed by atoms with Gasteiger partial charge in [0.1, 0.15) is 0 Å². The molecule has 0 saturated heterocycles. The molecule has 0 bridgehead atoms. The number of hydrogen-bond acceptors (Lipinski definition) is 3. The summed E-state index contributed by atoms with van der Waals surface area (Å²) in [6.45, 7) is 0. The predicted octanol–water partition coefficient (Wildman–Crippen LogP) is 1.53.